The zero-order valence-corrected chi connectivity index (χ0v) is 23.2. The highest BCUT2D eigenvalue weighted by Gasteiger charge is 2.55. The first-order valence-electron chi connectivity index (χ1n) is 13.7. The van der Waals surface area contributed by atoms with Gasteiger partial charge in [-0.3, -0.25) is 14.1 Å². The largest absolute Gasteiger partial charge is 0.481 e. The van der Waals surface area contributed by atoms with E-state index >= 15 is 0 Å². The summed E-state index contributed by atoms with van der Waals surface area (Å²) >= 11 is 0. The highest BCUT2D eigenvalue weighted by atomic mass is 32.2. The maximum atomic E-state index is 12.2. The third-order valence-electron chi connectivity index (χ3n) is 6.62. The van der Waals surface area contributed by atoms with Gasteiger partial charge >= 0.3 is 11.9 Å². The molecule has 0 aromatic heterocycles. The molecule has 0 spiro atoms. The monoisotopic (exact) mass is 538 g/mol. The van der Waals surface area contributed by atoms with E-state index in [4.69, 9.17) is 9.47 Å². The first-order chi connectivity index (χ1) is 17.1. The molecule has 214 valence electrons. The maximum Gasteiger partial charge on any atom is 0.325 e. The molecule has 1 unspecified atom stereocenters. The van der Waals surface area contributed by atoms with Crippen molar-refractivity contribution in [1.82, 2.24) is 0 Å². The highest BCUT2D eigenvalue weighted by molar-refractivity contribution is 7.87. The molecule has 0 amide bonds. The standard InChI is InChI=1S/C26H50O9S/c1-3-5-7-9-11-13-15-19-34-21-17-26(25(29)30,23(24(27)28)36(31,32)33)18-22-35-20-16-14-12-10-8-6-4-2/h23H,3-22H2,1-2H3,(H,27,28)(H,29,30)(H,31,32,33). The second-order valence-electron chi connectivity index (χ2n) is 9.66. The van der Waals surface area contributed by atoms with Crippen LogP contribution < -0.4 is 0 Å². The Labute approximate surface area is 218 Å². The number of rotatable bonds is 26. The van der Waals surface area contributed by atoms with Gasteiger partial charge in [0.1, 0.15) is 5.41 Å². The molecule has 0 rings (SSSR count). The highest BCUT2D eigenvalue weighted by Crippen LogP contribution is 2.36. The number of ether oxygens (including phenoxy) is 2. The Morgan fingerprint density at radius 1 is 0.667 bits per heavy atom. The van der Waals surface area contributed by atoms with E-state index in [1.807, 2.05) is 0 Å². The quantitative estimate of drug-likeness (QED) is 0.0929. The van der Waals surface area contributed by atoms with E-state index in [0.717, 1.165) is 51.4 Å². The lowest BCUT2D eigenvalue weighted by atomic mass is 9.78. The van der Waals surface area contributed by atoms with E-state index in [9.17, 15) is 32.8 Å². The van der Waals surface area contributed by atoms with Gasteiger partial charge in [-0.05, 0) is 25.7 Å². The van der Waals surface area contributed by atoms with Gasteiger partial charge in [0.25, 0.3) is 10.1 Å². The Morgan fingerprint density at radius 2 is 1.03 bits per heavy atom. The number of hydrogen-bond acceptors (Lipinski definition) is 6. The van der Waals surface area contributed by atoms with Crippen LogP contribution in [0.4, 0.5) is 0 Å². The first kappa shape index (κ1) is 34.8. The minimum atomic E-state index is -5.18. The molecule has 0 aliphatic heterocycles. The fourth-order valence-corrected chi connectivity index (χ4v) is 5.56. The van der Waals surface area contributed by atoms with Crippen LogP contribution in [0.25, 0.3) is 0 Å². The Balaban J connectivity index is 4.83. The molecule has 0 saturated heterocycles. The molecule has 0 bridgehead atoms. The summed E-state index contributed by atoms with van der Waals surface area (Å²) in [6, 6.07) is 0. The molecular formula is C26H50O9S. The van der Waals surface area contributed by atoms with Crippen molar-refractivity contribution in [2.75, 3.05) is 26.4 Å². The third kappa shape index (κ3) is 15.1. The van der Waals surface area contributed by atoms with Crippen LogP contribution in [0.15, 0.2) is 0 Å². The zero-order valence-electron chi connectivity index (χ0n) is 22.4. The molecule has 10 heteroatoms. The molecular weight excluding hydrogens is 488 g/mol. The van der Waals surface area contributed by atoms with E-state index in [0.29, 0.717) is 13.2 Å². The number of carboxylic acids is 2. The average molecular weight is 539 g/mol. The van der Waals surface area contributed by atoms with Gasteiger partial charge in [0.05, 0.1) is 0 Å². The normalized spacial score (nSPS) is 13.1. The van der Waals surface area contributed by atoms with Crippen molar-refractivity contribution < 1.29 is 42.2 Å². The van der Waals surface area contributed by atoms with Crippen molar-refractivity contribution in [3.63, 3.8) is 0 Å². The Bertz CT molecular complexity index is 655. The van der Waals surface area contributed by atoms with Crippen LogP contribution in [0.2, 0.25) is 0 Å². The van der Waals surface area contributed by atoms with Crippen LogP contribution >= 0.6 is 0 Å². The number of hydrogen-bond donors (Lipinski definition) is 3. The number of carboxylic acid groups (broad SMARTS) is 2. The molecule has 3 N–H and O–H groups in total. The summed E-state index contributed by atoms with van der Waals surface area (Å²) in [5, 5.41) is 17.0. The SMILES string of the molecule is CCCCCCCCCOCCC(CCOCCCCCCCCC)(C(=O)O)C(C(=O)O)S(=O)(=O)O. The molecule has 0 saturated carbocycles. The topological polar surface area (TPSA) is 147 Å². The van der Waals surface area contributed by atoms with Gasteiger partial charge in [0.2, 0.25) is 0 Å². The second-order valence-corrected chi connectivity index (χ2v) is 11.2. The van der Waals surface area contributed by atoms with Crippen LogP contribution in [0.3, 0.4) is 0 Å². The van der Waals surface area contributed by atoms with Gasteiger partial charge in [-0.25, -0.2) is 0 Å². The van der Waals surface area contributed by atoms with Crippen molar-refractivity contribution in [1.29, 1.82) is 0 Å². The lowest BCUT2D eigenvalue weighted by molar-refractivity contribution is -0.158. The van der Waals surface area contributed by atoms with Gasteiger partial charge in [0, 0.05) is 26.4 Å². The van der Waals surface area contributed by atoms with Gasteiger partial charge < -0.3 is 19.7 Å². The fourth-order valence-electron chi connectivity index (χ4n) is 4.40. The molecule has 0 aliphatic carbocycles. The molecule has 36 heavy (non-hydrogen) atoms. The van der Waals surface area contributed by atoms with Crippen molar-refractivity contribution >= 4 is 22.1 Å². The second kappa shape index (κ2) is 20.8. The summed E-state index contributed by atoms with van der Waals surface area (Å²) < 4.78 is 44.5. The Morgan fingerprint density at radius 3 is 1.33 bits per heavy atom. The smallest absolute Gasteiger partial charge is 0.325 e. The van der Waals surface area contributed by atoms with E-state index in [2.05, 4.69) is 13.8 Å². The maximum absolute atomic E-state index is 12.2. The lowest BCUT2D eigenvalue weighted by Crippen LogP contribution is -2.52. The first-order valence-corrected chi connectivity index (χ1v) is 15.2. The van der Waals surface area contributed by atoms with Gasteiger partial charge in [-0.1, -0.05) is 90.9 Å². The predicted octanol–water partition coefficient (Wildman–Crippen LogP) is 5.71. The predicted molar refractivity (Wildman–Crippen MR) is 140 cm³/mol. The summed E-state index contributed by atoms with van der Waals surface area (Å²) in [6.07, 6.45) is 14.5. The molecule has 1 atom stereocenters. The minimum Gasteiger partial charge on any atom is -0.481 e. The fraction of sp³-hybridized carbons (Fsp3) is 0.923. The summed E-state index contributed by atoms with van der Waals surface area (Å²) in [4.78, 5) is 24.0. The summed E-state index contributed by atoms with van der Waals surface area (Å²) in [5.74, 6) is -3.51. The van der Waals surface area contributed by atoms with Crippen molar-refractivity contribution in [2.45, 2.75) is 122 Å². The minimum absolute atomic E-state index is 0.126. The zero-order chi connectivity index (χ0) is 27.3. The average Bonchev–Trinajstić information content (AvgIpc) is 2.79. The van der Waals surface area contributed by atoms with E-state index in [-0.39, 0.29) is 26.1 Å². The van der Waals surface area contributed by atoms with E-state index < -0.39 is 32.7 Å². The lowest BCUT2D eigenvalue weighted by Gasteiger charge is -2.33. The van der Waals surface area contributed by atoms with Crippen LogP contribution in [0.1, 0.15) is 117 Å². The number of carbonyl (C=O) groups is 2. The van der Waals surface area contributed by atoms with Crippen molar-refractivity contribution in [3.05, 3.63) is 0 Å². The van der Waals surface area contributed by atoms with Gasteiger partial charge in [-0.15, -0.1) is 0 Å². The summed E-state index contributed by atoms with van der Waals surface area (Å²) in [6.45, 7) is 4.82. The van der Waals surface area contributed by atoms with E-state index in [1.54, 1.807) is 0 Å². The molecule has 0 aromatic carbocycles. The van der Waals surface area contributed by atoms with Gasteiger partial charge in [-0.2, -0.15) is 8.42 Å². The van der Waals surface area contributed by atoms with E-state index in [1.165, 1.54) is 38.5 Å². The van der Waals surface area contributed by atoms with Crippen LogP contribution in [0, 0.1) is 5.41 Å². The Kier molecular flexibility index (Phi) is 20.1. The summed E-state index contributed by atoms with van der Waals surface area (Å²) in [5.41, 5.74) is -2.26. The number of unbranched alkanes of at least 4 members (excludes halogenated alkanes) is 12. The molecule has 0 aromatic rings. The molecule has 0 fully saturated rings. The molecule has 0 heterocycles. The number of aliphatic carboxylic acids is 2. The Hall–Kier alpha value is -1.23. The van der Waals surface area contributed by atoms with Crippen LogP contribution in [-0.4, -0.2) is 66.8 Å². The van der Waals surface area contributed by atoms with Crippen LogP contribution in [0.5, 0.6) is 0 Å². The molecule has 9 nitrogen and oxygen atoms in total. The van der Waals surface area contributed by atoms with Crippen LogP contribution in [-0.2, 0) is 29.2 Å². The summed E-state index contributed by atoms with van der Waals surface area (Å²) in [7, 11) is -5.18. The van der Waals surface area contributed by atoms with Crippen molar-refractivity contribution in [2.24, 2.45) is 5.41 Å². The van der Waals surface area contributed by atoms with Gasteiger partial charge in [0.15, 0.2) is 5.25 Å². The third-order valence-corrected chi connectivity index (χ3v) is 7.87. The van der Waals surface area contributed by atoms with Crippen molar-refractivity contribution in [3.8, 4) is 0 Å². The molecule has 0 aliphatic rings. The molecule has 0 radical (unpaired) electrons.